The van der Waals surface area contributed by atoms with Crippen molar-refractivity contribution in [3.63, 3.8) is 0 Å². The zero-order valence-corrected chi connectivity index (χ0v) is 23.7. The molecule has 0 atom stereocenters. The van der Waals surface area contributed by atoms with Gasteiger partial charge in [-0.1, -0.05) is 18.2 Å². The van der Waals surface area contributed by atoms with Gasteiger partial charge in [0.05, 0.1) is 41.2 Å². The Morgan fingerprint density at radius 3 is 1.64 bits per heavy atom. The van der Waals surface area contributed by atoms with Crippen LogP contribution in [0.5, 0.6) is 28.7 Å². The zero-order valence-electron chi connectivity index (χ0n) is 22.9. The van der Waals surface area contributed by atoms with Crippen LogP contribution in [0.25, 0.3) is 0 Å². The van der Waals surface area contributed by atoms with Crippen LogP contribution in [0.15, 0.2) is 59.5 Å². The van der Waals surface area contributed by atoms with Gasteiger partial charge in [-0.15, -0.1) is 0 Å². The molecule has 0 bridgehead atoms. The Hall–Kier alpha value is -3.47. The Balaban J connectivity index is 1.83. The van der Waals surface area contributed by atoms with Gasteiger partial charge >= 0.3 is 0 Å². The summed E-state index contributed by atoms with van der Waals surface area (Å²) in [5.74, 6) is 2.34. The molecule has 3 aromatic carbocycles. The van der Waals surface area contributed by atoms with Gasteiger partial charge in [0, 0.05) is 36.3 Å². The number of benzene rings is 3. The smallest absolute Gasteiger partial charge is 0.247 e. The lowest BCUT2D eigenvalue weighted by molar-refractivity contribution is -0.0390. The van der Waals surface area contributed by atoms with E-state index in [0.717, 1.165) is 6.42 Å². The van der Waals surface area contributed by atoms with Crippen molar-refractivity contribution in [3.8, 4) is 28.7 Å². The van der Waals surface area contributed by atoms with Gasteiger partial charge in [-0.05, 0) is 49.1 Å². The highest BCUT2D eigenvalue weighted by Gasteiger charge is 2.38. The third-order valence-electron chi connectivity index (χ3n) is 7.18. The van der Waals surface area contributed by atoms with Crippen molar-refractivity contribution in [1.29, 1.82) is 0 Å². The van der Waals surface area contributed by atoms with Gasteiger partial charge in [-0.3, -0.25) is 0 Å². The molecule has 0 radical (unpaired) electrons. The Labute approximate surface area is 229 Å². The fourth-order valence-corrected chi connectivity index (χ4v) is 6.26. The van der Waals surface area contributed by atoms with Crippen LogP contribution < -0.4 is 23.7 Å². The Morgan fingerprint density at radius 2 is 1.23 bits per heavy atom. The first-order chi connectivity index (χ1) is 18.7. The summed E-state index contributed by atoms with van der Waals surface area (Å²) in [5, 5.41) is 11.0. The Morgan fingerprint density at radius 1 is 0.718 bits per heavy atom. The number of ether oxygens (including phenoxy) is 5. The fourth-order valence-electron chi connectivity index (χ4n) is 4.68. The van der Waals surface area contributed by atoms with E-state index < -0.39 is 15.6 Å². The van der Waals surface area contributed by atoms with Gasteiger partial charge in [0.2, 0.25) is 10.0 Å². The zero-order chi connectivity index (χ0) is 28.2. The van der Waals surface area contributed by atoms with Crippen molar-refractivity contribution < 1.29 is 37.2 Å². The Bertz CT molecular complexity index is 1360. The first-order valence-corrected chi connectivity index (χ1v) is 14.0. The molecule has 0 unspecified atom stereocenters. The molecule has 1 N–H and O–H groups in total. The summed E-state index contributed by atoms with van der Waals surface area (Å²) in [4.78, 5) is -0.0252. The van der Waals surface area contributed by atoms with Gasteiger partial charge in [0.1, 0.15) is 33.6 Å². The largest absolute Gasteiger partial charge is 0.497 e. The van der Waals surface area contributed by atoms with Gasteiger partial charge < -0.3 is 28.8 Å². The van der Waals surface area contributed by atoms with E-state index in [1.165, 1.54) is 31.7 Å². The summed E-state index contributed by atoms with van der Waals surface area (Å²) in [6.45, 7) is -0.0231. The predicted octanol–water partition coefficient (Wildman–Crippen LogP) is 4.49. The third-order valence-corrected chi connectivity index (χ3v) is 8.99. The minimum absolute atomic E-state index is 0.0116. The fraction of sp³-hybridized carbons (Fsp3) is 0.379. The van der Waals surface area contributed by atoms with E-state index in [1.807, 2.05) is 0 Å². The SMILES string of the molecule is COc1ccc(CN(Cc2ccc(OC)cc2OC)S(=O)(=O)c2cc(C3(O)CCC3)ccc2OC)c(OC)c1. The van der Waals surface area contributed by atoms with Crippen LogP contribution in [0.3, 0.4) is 0 Å². The topological polar surface area (TPSA) is 104 Å². The normalized spacial score (nSPS) is 14.4. The van der Waals surface area contributed by atoms with E-state index in [-0.39, 0.29) is 23.7 Å². The highest BCUT2D eigenvalue weighted by atomic mass is 32.2. The molecule has 0 aliphatic heterocycles. The monoisotopic (exact) mass is 557 g/mol. The molecule has 1 fully saturated rings. The van der Waals surface area contributed by atoms with Gasteiger partial charge in [0.15, 0.2) is 0 Å². The molecule has 1 aliphatic rings. The summed E-state index contributed by atoms with van der Waals surface area (Å²) in [6.07, 6.45) is 2.04. The van der Waals surface area contributed by atoms with Crippen molar-refractivity contribution in [2.45, 2.75) is 42.8 Å². The number of rotatable bonds is 12. The average molecular weight is 558 g/mol. The molecular formula is C29H35NO8S. The van der Waals surface area contributed by atoms with E-state index in [4.69, 9.17) is 23.7 Å². The van der Waals surface area contributed by atoms with Crippen LogP contribution in [0.2, 0.25) is 0 Å². The second-order valence-electron chi connectivity index (χ2n) is 9.38. The maximum Gasteiger partial charge on any atom is 0.247 e. The van der Waals surface area contributed by atoms with Crippen molar-refractivity contribution in [3.05, 3.63) is 71.3 Å². The predicted molar refractivity (Wildman–Crippen MR) is 146 cm³/mol. The Kier molecular flexibility index (Phi) is 8.58. The molecule has 10 heteroatoms. The second kappa shape index (κ2) is 11.7. The van der Waals surface area contributed by atoms with E-state index >= 15 is 0 Å². The summed E-state index contributed by atoms with van der Waals surface area (Å²) in [7, 11) is 3.41. The highest BCUT2D eigenvalue weighted by molar-refractivity contribution is 7.89. The number of sulfonamides is 1. The molecule has 0 amide bonds. The molecule has 1 aliphatic carbocycles. The minimum atomic E-state index is -4.16. The number of methoxy groups -OCH3 is 5. The molecule has 0 heterocycles. The lowest BCUT2D eigenvalue weighted by Crippen LogP contribution is -2.34. The highest BCUT2D eigenvalue weighted by Crippen LogP contribution is 2.43. The molecule has 9 nitrogen and oxygen atoms in total. The lowest BCUT2D eigenvalue weighted by Gasteiger charge is -2.37. The van der Waals surface area contributed by atoms with Crippen LogP contribution in [-0.2, 0) is 28.7 Å². The minimum Gasteiger partial charge on any atom is -0.497 e. The maximum atomic E-state index is 14.4. The summed E-state index contributed by atoms with van der Waals surface area (Å²) in [6, 6.07) is 15.3. The molecule has 1 saturated carbocycles. The van der Waals surface area contributed by atoms with Gasteiger partial charge in [0.25, 0.3) is 0 Å². The lowest BCUT2D eigenvalue weighted by atomic mass is 9.75. The average Bonchev–Trinajstić information content (AvgIpc) is 2.95. The van der Waals surface area contributed by atoms with Crippen LogP contribution >= 0.6 is 0 Å². The van der Waals surface area contributed by atoms with Gasteiger partial charge in [-0.25, -0.2) is 8.42 Å². The second-order valence-corrected chi connectivity index (χ2v) is 11.3. The molecule has 39 heavy (non-hydrogen) atoms. The molecule has 0 spiro atoms. The van der Waals surface area contributed by atoms with Crippen LogP contribution in [-0.4, -0.2) is 53.4 Å². The number of nitrogens with zero attached hydrogens (tertiary/aromatic N) is 1. The molecule has 3 aromatic rings. The molecule has 0 saturated heterocycles. The standard InChI is InChI=1S/C29H35NO8S/c1-34-23-10-7-20(26(16-23)37-4)18-30(19-21-8-11-24(35-2)17-27(21)38-5)39(32,33)28-15-22(9-12-25(28)36-3)29(31)13-6-14-29/h7-12,15-17,31H,6,13-14,18-19H2,1-5H3. The quantitative estimate of drug-likeness (QED) is 0.347. The molecule has 210 valence electrons. The number of hydrogen-bond acceptors (Lipinski definition) is 8. The van der Waals surface area contributed by atoms with Crippen molar-refractivity contribution in [2.75, 3.05) is 35.5 Å². The first-order valence-electron chi connectivity index (χ1n) is 12.5. The molecule has 4 rings (SSSR count). The van der Waals surface area contributed by atoms with Gasteiger partial charge in [-0.2, -0.15) is 4.31 Å². The number of aliphatic hydroxyl groups is 1. The summed E-state index contributed by atoms with van der Waals surface area (Å²) >= 11 is 0. The van der Waals surface area contributed by atoms with E-state index in [0.29, 0.717) is 52.5 Å². The van der Waals surface area contributed by atoms with Crippen molar-refractivity contribution in [2.24, 2.45) is 0 Å². The van der Waals surface area contributed by atoms with Crippen LogP contribution in [0.1, 0.15) is 36.0 Å². The van der Waals surface area contributed by atoms with Crippen molar-refractivity contribution >= 4 is 10.0 Å². The molecule has 0 aromatic heterocycles. The van der Waals surface area contributed by atoms with Crippen molar-refractivity contribution in [1.82, 2.24) is 4.31 Å². The third kappa shape index (κ3) is 5.78. The van der Waals surface area contributed by atoms with E-state index in [9.17, 15) is 13.5 Å². The summed E-state index contributed by atoms with van der Waals surface area (Å²) < 4.78 is 57.3. The van der Waals surface area contributed by atoms with E-state index in [2.05, 4.69) is 0 Å². The maximum absolute atomic E-state index is 14.4. The first kappa shape index (κ1) is 28.5. The number of hydrogen-bond donors (Lipinski definition) is 1. The molecular weight excluding hydrogens is 522 g/mol. The van der Waals surface area contributed by atoms with Crippen LogP contribution in [0.4, 0.5) is 0 Å². The summed E-state index contributed by atoms with van der Waals surface area (Å²) in [5.41, 5.74) is 0.793. The van der Waals surface area contributed by atoms with E-state index in [1.54, 1.807) is 62.8 Å². The van der Waals surface area contributed by atoms with Crippen LogP contribution in [0, 0.1) is 0 Å².